The Bertz CT molecular complexity index is 711. The molecule has 25 heavy (non-hydrogen) atoms. The predicted molar refractivity (Wildman–Crippen MR) is 108 cm³/mol. The molecule has 0 aliphatic carbocycles. The highest BCUT2D eigenvalue weighted by atomic mass is 16.2. The third kappa shape index (κ3) is 4.85. The Labute approximate surface area is 151 Å². The molecular weight excluding hydrogens is 308 g/mol. The highest BCUT2D eigenvalue weighted by molar-refractivity contribution is 5.97. The minimum absolute atomic E-state index is 0.0268. The van der Waals surface area contributed by atoms with Gasteiger partial charge in [-0.05, 0) is 68.9 Å². The number of carbonyl (C=O) groups excluding carboxylic acids is 1. The number of nitrogens with one attached hydrogen (secondary N) is 2. The number of amides is 1. The third-order valence-corrected chi connectivity index (χ3v) is 4.79. The second kappa shape index (κ2) is 8.19. The zero-order valence-electron chi connectivity index (χ0n) is 16.2. The van der Waals surface area contributed by atoms with Gasteiger partial charge in [-0.1, -0.05) is 43.7 Å². The zero-order valence-corrected chi connectivity index (χ0v) is 16.2. The van der Waals surface area contributed by atoms with Crippen molar-refractivity contribution in [3.8, 4) is 0 Å². The Morgan fingerprint density at radius 1 is 1.00 bits per heavy atom. The number of benzene rings is 2. The van der Waals surface area contributed by atoms with Gasteiger partial charge in [0.15, 0.2) is 0 Å². The lowest BCUT2D eigenvalue weighted by Gasteiger charge is -2.18. The summed E-state index contributed by atoms with van der Waals surface area (Å²) in [5.41, 5.74) is 6.60. The molecule has 0 aliphatic rings. The third-order valence-electron chi connectivity index (χ3n) is 4.79. The van der Waals surface area contributed by atoms with Crippen molar-refractivity contribution < 1.29 is 4.79 Å². The van der Waals surface area contributed by atoms with Crippen molar-refractivity contribution >= 4 is 17.3 Å². The van der Waals surface area contributed by atoms with Gasteiger partial charge in [0.2, 0.25) is 5.91 Å². The van der Waals surface area contributed by atoms with Gasteiger partial charge in [0.25, 0.3) is 0 Å². The molecule has 0 aromatic heterocycles. The van der Waals surface area contributed by atoms with E-state index >= 15 is 0 Å². The van der Waals surface area contributed by atoms with Crippen molar-refractivity contribution in [3.63, 3.8) is 0 Å². The molecule has 0 bridgehead atoms. The molecule has 0 aliphatic heterocycles. The van der Waals surface area contributed by atoms with E-state index < -0.39 is 0 Å². The van der Waals surface area contributed by atoms with Gasteiger partial charge in [0, 0.05) is 11.4 Å². The zero-order chi connectivity index (χ0) is 18.6. The highest BCUT2D eigenvalue weighted by Crippen LogP contribution is 2.23. The fourth-order valence-corrected chi connectivity index (χ4v) is 3.07. The van der Waals surface area contributed by atoms with Crippen LogP contribution in [-0.4, -0.2) is 11.9 Å². The highest BCUT2D eigenvalue weighted by Gasteiger charge is 2.15. The van der Waals surface area contributed by atoms with E-state index in [1.165, 1.54) is 11.1 Å². The van der Waals surface area contributed by atoms with E-state index in [1.807, 2.05) is 32.9 Å². The molecule has 0 radical (unpaired) electrons. The van der Waals surface area contributed by atoms with Crippen LogP contribution in [-0.2, 0) is 4.79 Å². The molecule has 2 rings (SSSR count). The summed E-state index contributed by atoms with van der Waals surface area (Å²) >= 11 is 0. The van der Waals surface area contributed by atoms with E-state index in [0.717, 1.165) is 28.9 Å². The number of anilines is 2. The van der Waals surface area contributed by atoms with Gasteiger partial charge in [0.1, 0.15) is 6.04 Å². The molecule has 2 aromatic carbocycles. The molecule has 0 heterocycles. The molecule has 134 valence electrons. The Balaban J connectivity index is 2.03. The van der Waals surface area contributed by atoms with Crippen LogP contribution in [0.15, 0.2) is 36.4 Å². The van der Waals surface area contributed by atoms with E-state index in [2.05, 4.69) is 55.7 Å². The average molecular weight is 338 g/mol. The van der Waals surface area contributed by atoms with Gasteiger partial charge in [-0.25, -0.2) is 0 Å². The smallest absolute Gasteiger partial charge is 0.246 e. The first-order valence-corrected chi connectivity index (χ1v) is 9.07. The van der Waals surface area contributed by atoms with Crippen molar-refractivity contribution in [2.45, 2.75) is 59.9 Å². The Morgan fingerprint density at radius 3 is 2.08 bits per heavy atom. The van der Waals surface area contributed by atoms with Crippen molar-refractivity contribution in [2.24, 2.45) is 0 Å². The van der Waals surface area contributed by atoms with E-state index in [4.69, 9.17) is 0 Å². The molecule has 3 heteroatoms. The number of hydrogen-bond donors (Lipinski definition) is 2. The van der Waals surface area contributed by atoms with Gasteiger partial charge in [-0.15, -0.1) is 0 Å². The first-order chi connectivity index (χ1) is 11.8. The molecule has 0 fully saturated rings. The molecule has 0 saturated heterocycles. The van der Waals surface area contributed by atoms with Gasteiger partial charge in [0.05, 0.1) is 0 Å². The van der Waals surface area contributed by atoms with Gasteiger partial charge in [-0.2, -0.15) is 0 Å². The second-order valence-electron chi connectivity index (χ2n) is 7.06. The van der Waals surface area contributed by atoms with Crippen LogP contribution in [0.5, 0.6) is 0 Å². The molecule has 2 atom stereocenters. The molecule has 0 unspecified atom stereocenters. The summed E-state index contributed by atoms with van der Waals surface area (Å²) in [4.78, 5) is 12.6. The van der Waals surface area contributed by atoms with Crippen LogP contribution in [0, 0.1) is 20.8 Å². The first-order valence-electron chi connectivity index (χ1n) is 9.07. The number of rotatable bonds is 6. The van der Waals surface area contributed by atoms with Crippen molar-refractivity contribution in [2.75, 3.05) is 10.6 Å². The molecule has 0 saturated carbocycles. The van der Waals surface area contributed by atoms with Gasteiger partial charge in [-0.3, -0.25) is 4.79 Å². The molecule has 2 aromatic rings. The van der Waals surface area contributed by atoms with Crippen molar-refractivity contribution in [1.82, 2.24) is 0 Å². The van der Waals surface area contributed by atoms with Crippen molar-refractivity contribution in [3.05, 3.63) is 58.7 Å². The van der Waals surface area contributed by atoms with Crippen LogP contribution in [0.1, 0.15) is 55.4 Å². The maximum absolute atomic E-state index is 12.6. The van der Waals surface area contributed by atoms with Gasteiger partial charge < -0.3 is 10.6 Å². The second-order valence-corrected chi connectivity index (χ2v) is 7.06. The minimum atomic E-state index is -0.311. The molecule has 3 nitrogen and oxygen atoms in total. The van der Waals surface area contributed by atoms with Gasteiger partial charge >= 0.3 is 0 Å². The molecule has 2 N–H and O–H groups in total. The topological polar surface area (TPSA) is 41.1 Å². The first kappa shape index (κ1) is 19.0. The summed E-state index contributed by atoms with van der Waals surface area (Å²) in [6.45, 7) is 12.4. The lowest BCUT2D eigenvalue weighted by atomic mass is 9.98. The fraction of sp³-hybridized carbons (Fsp3) is 0.409. The Morgan fingerprint density at radius 2 is 1.56 bits per heavy atom. The molecular formula is C22H30N2O. The Hall–Kier alpha value is -2.29. The van der Waals surface area contributed by atoms with Crippen LogP contribution in [0.4, 0.5) is 11.4 Å². The number of hydrogen-bond acceptors (Lipinski definition) is 2. The fourth-order valence-electron chi connectivity index (χ4n) is 3.07. The molecule has 0 spiro atoms. The van der Waals surface area contributed by atoms with Crippen LogP contribution in [0.3, 0.4) is 0 Å². The predicted octanol–water partition coefficient (Wildman–Crippen LogP) is 5.56. The summed E-state index contributed by atoms with van der Waals surface area (Å²) < 4.78 is 0. The molecule has 1 amide bonds. The van der Waals surface area contributed by atoms with Crippen LogP contribution >= 0.6 is 0 Å². The Kier molecular flexibility index (Phi) is 6.24. The van der Waals surface area contributed by atoms with E-state index in [-0.39, 0.29) is 11.9 Å². The summed E-state index contributed by atoms with van der Waals surface area (Å²) in [6.07, 6.45) is 1.13. The quantitative estimate of drug-likeness (QED) is 0.723. The van der Waals surface area contributed by atoms with E-state index in [1.54, 1.807) is 0 Å². The summed E-state index contributed by atoms with van der Waals surface area (Å²) in [5, 5.41) is 6.35. The largest absolute Gasteiger partial charge is 0.374 e. The maximum atomic E-state index is 12.6. The summed E-state index contributed by atoms with van der Waals surface area (Å²) in [5.74, 6) is 0.531. The summed E-state index contributed by atoms with van der Waals surface area (Å²) in [6, 6.07) is 12.2. The van der Waals surface area contributed by atoms with Crippen LogP contribution < -0.4 is 10.6 Å². The van der Waals surface area contributed by atoms with Crippen molar-refractivity contribution in [1.29, 1.82) is 0 Å². The normalized spacial score (nSPS) is 13.2. The van der Waals surface area contributed by atoms with E-state index in [9.17, 15) is 4.79 Å². The SMILES string of the molecule is CC[C@H](C)c1ccc(N[C@@H](C)C(=O)Nc2c(C)cc(C)cc2C)cc1. The monoisotopic (exact) mass is 338 g/mol. The summed E-state index contributed by atoms with van der Waals surface area (Å²) in [7, 11) is 0. The number of aryl methyl sites for hydroxylation is 3. The van der Waals surface area contributed by atoms with Crippen LogP contribution in [0.2, 0.25) is 0 Å². The minimum Gasteiger partial charge on any atom is -0.374 e. The standard InChI is InChI=1S/C22H30N2O/c1-7-15(3)19-8-10-20(11-9-19)23-18(6)22(25)24-21-16(4)12-14(2)13-17(21)5/h8-13,15,18,23H,7H2,1-6H3,(H,24,25)/t15-,18-/m0/s1. The average Bonchev–Trinajstić information content (AvgIpc) is 2.57. The van der Waals surface area contributed by atoms with Crippen LogP contribution in [0.25, 0.3) is 0 Å². The van der Waals surface area contributed by atoms with E-state index in [0.29, 0.717) is 5.92 Å². The lowest BCUT2D eigenvalue weighted by Crippen LogP contribution is -2.32. The lowest BCUT2D eigenvalue weighted by molar-refractivity contribution is -0.116. The number of carbonyl (C=O) groups is 1. The maximum Gasteiger partial charge on any atom is 0.246 e.